The van der Waals surface area contributed by atoms with E-state index in [-0.39, 0.29) is 29.3 Å². The fourth-order valence-corrected chi connectivity index (χ4v) is 2.45. The lowest BCUT2D eigenvalue weighted by Crippen LogP contribution is -2.43. The van der Waals surface area contributed by atoms with Crippen LogP contribution in [0.1, 0.15) is 36.2 Å². The van der Waals surface area contributed by atoms with Crippen molar-refractivity contribution < 1.29 is 14.3 Å². The first kappa shape index (κ1) is 14.7. The second-order valence-corrected chi connectivity index (χ2v) is 5.06. The lowest BCUT2D eigenvalue weighted by molar-refractivity contribution is -0.141. The molecular formula is C13H16ClN3O3. The van der Waals surface area contributed by atoms with Gasteiger partial charge in [-0.15, -0.1) is 0 Å². The topological polar surface area (TPSA) is 72.4 Å². The van der Waals surface area contributed by atoms with Gasteiger partial charge in [0.05, 0.1) is 19.5 Å². The Hall–Kier alpha value is -1.69. The van der Waals surface area contributed by atoms with Crippen LogP contribution in [0, 0.1) is 0 Å². The van der Waals surface area contributed by atoms with Gasteiger partial charge in [-0.25, -0.2) is 9.97 Å². The summed E-state index contributed by atoms with van der Waals surface area (Å²) in [6, 6.07) is 0.0547. The van der Waals surface area contributed by atoms with Crippen LogP contribution in [0.2, 0.25) is 5.15 Å². The summed E-state index contributed by atoms with van der Waals surface area (Å²) in [6.45, 7) is -0.0652. The molecule has 7 heteroatoms. The van der Waals surface area contributed by atoms with Gasteiger partial charge >= 0.3 is 5.97 Å². The van der Waals surface area contributed by atoms with Crippen molar-refractivity contribution in [3.05, 3.63) is 23.2 Å². The summed E-state index contributed by atoms with van der Waals surface area (Å²) in [7, 11) is 1.31. The first-order valence-electron chi connectivity index (χ1n) is 6.47. The lowest BCUT2D eigenvalue weighted by atomic mass is 10.2. The molecule has 1 fully saturated rings. The van der Waals surface area contributed by atoms with Gasteiger partial charge in [0.15, 0.2) is 0 Å². The van der Waals surface area contributed by atoms with E-state index in [1.165, 1.54) is 24.4 Å². The summed E-state index contributed by atoms with van der Waals surface area (Å²) < 4.78 is 4.66. The molecule has 0 spiro atoms. The van der Waals surface area contributed by atoms with Crippen molar-refractivity contribution >= 4 is 23.5 Å². The minimum absolute atomic E-state index is 0.0547. The number of amides is 1. The van der Waals surface area contributed by atoms with E-state index in [4.69, 9.17) is 11.6 Å². The van der Waals surface area contributed by atoms with E-state index >= 15 is 0 Å². The molecule has 0 saturated heterocycles. The maximum absolute atomic E-state index is 12.5. The third kappa shape index (κ3) is 3.45. The molecule has 1 amide bonds. The van der Waals surface area contributed by atoms with Gasteiger partial charge in [-0.2, -0.15) is 0 Å². The Kier molecular flexibility index (Phi) is 4.89. The van der Waals surface area contributed by atoms with Crippen molar-refractivity contribution in [2.75, 3.05) is 13.7 Å². The summed E-state index contributed by atoms with van der Waals surface area (Å²) in [4.78, 5) is 33.3. The molecule has 1 aliphatic carbocycles. The Bertz CT molecular complexity index is 486. The van der Waals surface area contributed by atoms with Crippen LogP contribution in [0.3, 0.4) is 0 Å². The normalized spacial score (nSPS) is 15.1. The molecule has 1 heterocycles. The number of carbonyl (C=O) groups is 2. The number of nitrogens with zero attached hydrogens (tertiary/aromatic N) is 3. The van der Waals surface area contributed by atoms with Gasteiger partial charge in [0, 0.05) is 6.04 Å². The SMILES string of the molecule is COC(=O)CN(C(=O)c1cnc(Cl)cn1)C1CCCC1. The molecule has 0 unspecified atom stereocenters. The summed E-state index contributed by atoms with van der Waals surface area (Å²) in [5.41, 5.74) is 0.185. The van der Waals surface area contributed by atoms with Crippen LogP contribution in [-0.2, 0) is 9.53 Å². The van der Waals surface area contributed by atoms with E-state index in [1.807, 2.05) is 0 Å². The van der Waals surface area contributed by atoms with Gasteiger partial charge in [-0.05, 0) is 12.8 Å². The number of carbonyl (C=O) groups excluding carboxylic acids is 2. The smallest absolute Gasteiger partial charge is 0.325 e. The molecular weight excluding hydrogens is 282 g/mol. The van der Waals surface area contributed by atoms with Gasteiger partial charge < -0.3 is 9.64 Å². The Balaban J connectivity index is 2.18. The molecule has 1 saturated carbocycles. The zero-order chi connectivity index (χ0) is 14.5. The van der Waals surface area contributed by atoms with E-state index in [9.17, 15) is 9.59 Å². The second kappa shape index (κ2) is 6.65. The number of aromatic nitrogens is 2. The first-order chi connectivity index (χ1) is 9.61. The molecule has 20 heavy (non-hydrogen) atoms. The molecule has 0 atom stereocenters. The predicted molar refractivity (Wildman–Crippen MR) is 72.4 cm³/mol. The van der Waals surface area contributed by atoms with E-state index in [0.29, 0.717) is 0 Å². The van der Waals surface area contributed by atoms with Crippen molar-refractivity contribution in [1.29, 1.82) is 0 Å². The fraction of sp³-hybridized carbons (Fsp3) is 0.538. The predicted octanol–water partition coefficient (Wildman–Crippen LogP) is 1.69. The van der Waals surface area contributed by atoms with Gasteiger partial charge in [-0.1, -0.05) is 24.4 Å². The molecule has 1 aromatic heterocycles. The third-order valence-corrected chi connectivity index (χ3v) is 3.59. The molecule has 1 aromatic rings. The largest absolute Gasteiger partial charge is 0.468 e. The highest BCUT2D eigenvalue weighted by molar-refractivity contribution is 6.29. The summed E-state index contributed by atoms with van der Waals surface area (Å²) >= 11 is 5.66. The minimum atomic E-state index is -0.438. The summed E-state index contributed by atoms with van der Waals surface area (Å²) in [6.07, 6.45) is 6.54. The molecule has 0 N–H and O–H groups in total. The molecule has 1 aliphatic rings. The summed E-state index contributed by atoms with van der Waals surface area (Å²) in [5.74, 6) is -0.751. The van der Waals surface area contributed by atoms with Crippen molar-refractivity contribution in [2.24, 2.45) is 0 Å². The Morgan fingerprint density at radius 1 is 1.35 bits per heavy atom. The number of rotatable bonds is 4. The molecule has 0 bridgehead atoms. The zero-order valence-electron chi connectivity index (χ0n) is 11.2. The van der Waals surface area contributed by atoms with E-state index in [2.05, 4.69) is 14.7 Å². The second-order valence-electron chi connectivity index (χ2n) is 4.67. The molecule has 0 aromatic carbocycles. The average Bonchev–Trinajstić information content (AvgIpc) is 2.98. The highest BCUT2D eigenvalue weighted by Crippen LogP contribution is 2.24. The van der Waals surface area contributed by atoms with Crippen LogP contribution in [0.5, 0.6) is 0 Å². The van der Waals surface area contributed by atoms with Gasteiger partial charge in [0.25, 0.3) is 5.91 Å². The van der Waals surface area contributed by atoms with E-state index in [1.54, 1.807) is 0 Å². The molecule has 6 nitrogen and oxygen atoms in total. The van der Waals surface area contributed by atoms with Gasteiger partial charge in [-0.3, -0.25) is 9.59 Å². The molecule has 2 rings (SSSR count). The van der Waals surface area contributed by atoms with Crippen LogP contribution in [0.15, 0.2) is 12.4 Å². The van der Waals surface area contributed by atoms with Crippen LogP contribution in [-0.4, -0.2) is 46.4 Å². The van der Waals surface area contributed by atoms with E-state index in [0.717, 1.165) is 25.7 Å². The molecule has 108 valence electrons. The van der Waals surface area contributed by atoms with Crippen molar-refractivity contribution in [1.82, 2.24) is 14.9 Å². The Labute approximate surface area is 122 Å². The van der Waals surface area contributed by atoms with Crippen LogP contribution in [0.25, 0.3) is 0 Å². The maximum atomic E-state index is 12.5. The minimum Gasteiger partial charge on any atom is -0.468 e. The monoisotopic (exact) mass is 297 g/mol. The average molecular weight is 298 g/mol. The van der Waals surface area contributed by atoms with Crippen molar-refractivity contribution in [2.45, 2.75) is 31.7 Å². The van der Waals surface area contributed by atoms with Crippen LogP contribution < -0.4 is 0 Å². The molecule has 0 radical (unpaired) electrons. The maximum Gasteiger partial charge on any atom is 0.325 e. The fourth-order valence-electron chi connectivity index (χ4n) is 2.36. The van der Waals surface area contributed by atoms with Crippen molar-refractivity contribution in [3.8, 4) is 0 Å². The highest BCUT2D eigenvalue weighted by atomic mass is 35.5. The van der Waals surface area contributed by atoms with E-state index < -0.39 is 5.97 Å². The number of hydrogen-bond acceptors (Lipinski definition) is 5. The summed E-state index contributed by atoms with van der Waals surface area (Å²) in [5, 5.41) is 0.224. The van der Waals surface area contributed by atoms with Gasteiger partial charge in [0.1, 0.15) is 17.4 Å². The quantitative estimate of drug-likeness (QED) is 0.791. The number of ether oxygens (including phenoxy) is 1. The third-order valence-electron chi connectivity index (χ3n) is 3.39. The van der Waals surface area contributed by atoms with Gasteiger partial charge in [0.2, 0.25) is 0 Å². The number of methoxy groups -OCH3 is 1. The van der Waals surface area contributed by atoms with Crippen LogP contribution >= 0.6 is 11.6 Å². The number of esters is 1. The standard InChI is InChI=1S/C13H16ClN3O3/c1-20-12(18)8-17(9-4-2-3-5-9)13(19)10-6-16-11(14)7-15-10/h6-7,9H,2-5,8H2,1H3. The Morgan fingerprint density at radius 2 is 2.05 bits per heavy atom. The first-order valence-corrected chi connectivity index (χ1v) is 6.85. The lowest BCUT2D eigenvalue weighted by Gasteiger charge is -2.27. The highest BCUT2D eigenvalue weighted by Gasteiger charge is 2.30. The Morgan fingerprint density at radius 3 is 2.60 bits per heavy atom. The van der Waals surface area contributed by atoms with Crippen molar-refractivity contribution in [3.63, 3.8) is 0 Å². The number of hydrogen-bond donors (Lipinski definition) is 0. The van der Waals surface area contributed by atoms with Crippen LogP contribution in [0.4, 0.5) is 0 Å². The zero-order valence-corrected chi connectivity index (χ0v) is 12.0. The molecule has 0 aliphatic heterocycles. The number of halogens is 1.